The van der Waals surface area contributed by atoms with Crippen molar-refractivity contribution in [2.24, 2.45) is 0 Å². The first-order valence-corrected chi connectivity index (χ1v) is 6.42. The Morgan fingerprint density at radius 3 is 2.89 bits per heavy atom. The molecule has 0 radical (unpaired) electrons. The molecular weight excluding hydrogens is 298 g/mol. The summed E-state index contributed by atoms with van der Waals surface area (Å²) in [4.78, 5) is 23.0. The van der Waals surface area contributed by atoms with Gasteiger partial charge in [-0.25, -0.2) is 0 Å². The normalized spacial score (nSPS) is 20.2. The number of benzene rings is 1. The number of nitrogens with zero attached hydrogens (tertiary/aromatic N) is 2. The zero-order chi connectivity index (χ0) is 12.7. The number of amides is 2. The van der Waals surface area contributed by atoms with Gasteiger partial charge in [-0.05, 0) is 28.4 Å². The predicted molar refractivity (Wildman–Crippen MR) is 68.9 cm³/mol. The smallest absolute Gasteiger partial charge is 0.251 e. The number of carbonyl (C=O) groups excluding carboxylic acids is 2. The van der Waals surface area contributed by atoms with Crippen molar-refractivity contribution in [1.82, 2.24) is 15.1 Å². The van der Waals surface area contributed by atoms with E-state index in [0.29, 0.717) is 17.4 Å². The molecule has 92 valence electrons. The topological polar surface area (TPSA) is 64.0 Å². The zero-order valence-corrected chi connectivity index (χ0v) is 11.0. The molecule has 3 rings (SSSR count). The van der Waals surface area contributed by atoms with Crippen molar-refractivity contribution in [3.8, 4) is 0 Å². The largest absolute Gasteiger partial charge is 0.295 e. The number of piperidine rings is 1. The maximum atomic E-state index is 11.9. The summed E-state index contributed by atoms with van der Waals surface area (Å²) in [5, 5.41) is 7.66. The van der Waals surface area contributed by atoms with E-state index in [1.165, 1.54) is 0 Å². The fourth-order valence-electron chi connectivity index (χ4n) is 2.20. The van der Waals surface area contributed by atoms with Gasteiger partial charge in [0.2, 0.25) is 5.91 Å². The molecule has 2 heterocycles. The number of fused-ring (bicyclic) bond motifs is 1. The lowest BCUT2D eigenvalue weighted by molar-refractivity contribution is -0.135. The van der Waals surface area contributed by atoms with Gasteiger partial charge >= 0.3 is 0 Å². The fourth-order valence-corrected chi connectivity index (χ4v) is 2.71. The van der Waals surface area contributed by atoms with Gasteiger partial charge in [-0.2, -0.15) is 5.10 Å². The lowest BCUT2D eigenvalue weighted by Crippen LogP contribution is -2.42. The highest BCUT2D eigenvalue weighted by Crippen LogP contribution is 2.28. The number of aromatic nitrogens is 2. The highest BCUT2D eigenvalue weighted by Gasteiger charge is 2.30. The van der Waals surface area contributed by atoms with E-state index in [4.69, 9.17) is 0 Å². The average molecular weight is 308 g/mol. The van der Waals surface area contributed by atoms with Crippen LogP contribution in [0.4, 0.5) is 0 Å². The van der Waals surface area contributed by atoms with Gasteiger partial charge in [-0.3, -0.25) is 19.6 Å². The number of rotatable bonds is 1. The first-order valence-electron chi connectivity index (χ1n) is 5.63. The molecule has 1 aromatic carbocycles. The Morgan fingerprint density at radius 2 is 2.11 bits per heavy atom. The van der Waals surface area contributed by atoms with Crippen LogP contribution < -0.4 is 5.32 Å². The molecule has 0 spiro atoms. The number of hydrogen-bond donors (Lipinski definition) is 1. The van der Waals surface area contributed by atoms with Gasteiger partial charge in [0, 0.05) is 11.8 Å². The second kappa shape index (κ2) is 4.20. The predicted octanol–water partition coefficient (Wildman–Crippen LogP) is 1.78. The van der Waals surface area contributed by atoms with Crippen LogP contribution in [-0.4, -0.2) is 21.6 Å². The molecule has 2 amide bonds. The van der Waals surface area contributed by atoms with E-state index in [1.54, 1.807) is 4.68 Å². The van der Waals surface area contributed by atoms with E-state index >= 15 is 0 Å². The lowest BCUT2D eigenvalue weighted by atomic mass is 10.1. The zero-order valence-electron chi connectivity index (χ0n) is 9.39. The summed E-state index contributed by atoms with van der Waals surface area (Å²) >= 11 is 3.39. The molecule has 0 bridgehead atoms. The number of halogens is 1. The van der Waals surface area contributed by atoms with E-state index < -0.39 is 6.04 Å². The molecule has 1 aliphatic heterocycles. The summed E-state index contributed by atoms with van der Waals surface area (Å²) in [7, 11) is 0. The molecule has 1 fully saturated rings. The number of carbonyl (C=O) groups is 2. The Hall–Kier alpha value is -1.69. The van der Waals surface area contributed by atoms with Gasteiger partial charge < -0.3 is 0 Å². The number of hydrogen-bond acceptors (Lipinski definition) is 3. The molecular formula is C12H10BrN3O2. The van der Waals surface area contributed by atoms with Crippen LogP contribution in [-0.2, 0) is 9.59 Å². The standard InChI is InChI=1S/C12H10BrN3O2/c13-11-7-3-1-2-4-8(7)16(15-11)9-5-6-10(17)14-12(9)18/h1-4,9H,5-6H2,(H,14,17,18). The Labute approximate surface area is 111 Å². The van der Waals surface area contributed by atoms with Crippen molar-refractivity contribution in [1.29, 1.82) is 0 Å². The SMILES string of the molecule is O=C1CCC(n2nc(Br)c3ccccc32)C(=O)N1. The van der Waals surface area contributed by atoms with Crippen molar-refractivity contribution >= 4 is 38.6 Å². The van der Waals surface area contributed by atoms with Gasteiger partial charge in [0.25, 0.3) is 5.91 Å². The van der Waals surface area contributed by atoms with E-state index in [1.807, 2.05) is 24.3 Å². The molecule has 6 heteroatoms. The summed E-state index contributed by atoms with van der Waals surface area (Å²) in [6.45, 7) is 0. The van der Waals surface area contributed by atoms with Gasteiger partial charge in [0.05, 0.1) is 5.52 Å². The van der Waals surface area contributed by atoms with Crippen LogP contribution in [0.5, 0.6) is 0 Å². The quantitative estimate of drug-likeness (QED) is 0.817. The van der Waals surface area contributed by atoms with E-state index in [2.05, 4.69) is 26.3 Å². The van der Waals surface area contributed by atoms with E-state index in [0.717, 1.165) is 10.9 Å². The maximum absolute atomic E-state index is 11.9. The fraction of sp³-hybridized carbons (Fsp3) is 0.250. The monoisotopic (exact) mass is 307 g/mol. The minimum absolute atomic E-state index is 0.216. The summed E-state index contributed by atoms with van der Waals surface area (Å²) in [5.41, 5.74) is 0.888. The maximum Gasteiger partial charge on any atom is 0.251 e. The van der Waals surface area contributed by atoms with Gasteiger partial charge in [0.1, 0.15) is 10.6 Å². The minimum Gasteiger partial charge on any atom is -0.295 e. The summed E-state index contributed by atoms with van der Waals surface area (Å²) < 4.78 is 2.39. The summed E-state index contributed by atoms with van der Waals surface area (Å²) in [6, 6.07) is 7.26. The van der Waals surface area contributed by atoms with Gasteiger partial charge in [0.15, 0.2) is 0 Å². The highest BCUT2D eigenvalue weighted by molar-refractivity contribution is 9.10. The van der Waals surface area contributed by atoms with E-state index in [-0.39, 0.29) is 11.8 Å². The summed E-state index contributed by atoms with van der Waals surface area (Å²) in [6.07, 6.45) is 0.838. The van der Waals surface area contributed by atoms with Crippen molar-refractivity contribution in [2.45, 2.75) is 18.9 Å². The third-order valence-corrected chi connectivity index (χ3v) is 3.66. The van der Waals surface area contributed by atoms with Crippen LogP contribution in [0, 0.1) is 0 Å². The second-order valence-electron chi connectivity index (χ2n) is 4.22. The van der Waals surface area contributed by atoms with Gasteiger partial charge in [-0.1, -0.05) is 18.2 Å². The van der Waals surface area contributed by atoms with Crippen LogP contribution in [0.15, 0.2) is 28.9 Å². The second-order valence-corrected chi connectivity index (χ2v) is 4.97. The van der Waals surface area contributed by atoms with E-state index in [9.17, 15) is 9.59 Å². The molecule has 2 aromatic rings. The molecule has 1 atom stereocenters. The Morgan fingerprint density at radius 1 is 1.33 bits per heavy atom. The van der Waals surface area contributed by atoms with Gasteiger partial charge in [-0.15, -0.1) is 0 Å². The molecule has 1 unspecified atom stereocenters. The molecule has 0 aliphatic carbocycles. The first-order chi connectivity index (χ1) is 8.66. The molecule has 18 heavy (non-hydrogen) atoms. The lowest BCUT2D eigenvalue weighted by Gasteiger charge is -2.21. The van der Waals surface area contributed by atoms with Crippen LogP contribution in [0.25, 0.3) is 10.9 Å². The molecule has 1 aromatic heterocycles. The highest BCUT2D eigenvalue weighted by atomic mass is 79.9. The molecule has 1 saturated heterocycles. The van der Waals surface area contributed by atoms with Crippen molar-refractivity contribution in [3.63, 3.8) is 0 Å². The van der Waals surface area contributed by atoms with Crippen molar-refractivity contribution in [3.05, 3.63) is 28.9 Å². The molecule has 0 saturated carbocycles. The molecule has 1 aliphatic rings. The third-order valence-electron chi connectivity index (χ3n) is 3.07. The number of para-hydroxylation sites is 1. The summed E-state index contributed by atoms with van der Waals surface area (Å²) in [5.74, 6) is -0.501. The molecule has 1 N–H and O–H groups in total. The van der Waals surface area contributed by atoms with Crippen LogP contribution in [0.3, 0.4) is 0 Å². The first kappa shape index (κ1) is 11.4. The van der Waals surface area contributed by atoms with Crippen LogP contribution in [0.1, 0.15) is 18.9 Å². The van der Waals surface area contributed by atoms with Crippen LogP contribution >= 0.6 is 15.9 Å². The number of imide groups is 1. The van der Waals surface area contributed by atoms with Crippen molar-refractivity contribution in [2.75, 3.05) is 0 Å². The Bertz CT molecular complexity index is 650. The average Bonchev–Trinajstić information content (AvgIpc) is 2.68. The Balaban J connectivity index is 2.09. The minimum atomic E-state index is -0.418. The third kappa shape index (κ3) is 1.73. The number of nitrogens with one attached hydrogen (secondary N) is 1. The van der Waals surface area contributed by atoms with Crippen LogP contribution in [0.2, 0.25) is 0 Å². The van der Waals surface area contributed by atoms with Crippen molar-refractivity contribution < 1.29 is 9.59 Å². The molecule has 5 nitrogen and oxygen atoms in total. The Kier molecular flexibility index (Phi) is 2.66.